The quantitative estimate of drug-likeness (QED) is 0.0424. The summed E-state index contributed by atoms with van der Waals surface area (Å²) in [4.78, 5) is 63.1. The summed E-state index contributed by atoms with van der Waals surface area (Å²) in [5.41, 5.74) is 6.52. The molecule has 2 aliphatic heterocycles. The lowest BCUT2D eigenvalue weighted by atomic mass is 9.96. The first kappa shape index (κ1) is 50.9. The molecule has 6 aromatic rings. The first-order chi connectivity index (χ1) is 36.2. The number of carbonyl (C=O) groups excluding carboxylic acids is 4. The largest absolute Gasteiger partial charge is 0.496 e. The fourth-order valence-corrected chi connectivity index (χ4v) is 9.54. The number of likely N-dealkylation sites (tertiary alicyclic amines) is 1. The summed E-state index contributed by atoms with van der Waals surface area (Å²) in [7, 11) is 1.49. The zero-order valence-corrected chi connectivity index (χ0v) is 41.6. The van der Waals surface area contributed by atoms with Crippen molar-refractivity contribution in [2.45, 2.75) is 57.2 Å². The van der Waals surface area contributed by atoms with Crippen molar-refractivity contribution in [3.63, 3.8) is 0 Å². The number of rotatable bonds is 19. The molecule has 2 atom stereocenters. The van der Waals surface area contributed by atoms with Crippen LogP contribution in [0.2, 0.25) is 0 Å². The zero-order valence-electron chi connectivity index (χ0n) is 41.6. The number of piperidine rings is 1. The van der Waals surface area contributed by atoms with Crippen molar-refractivity contribution in [2.75, 3.05) is 80.9 Å². The van der Waals surface area contributed by atoms with Gasteiger partial charge in [0.1, 0.15) is 23.9 Å². The van der Waals surface area contributed by atoms with Crippen molar-refractivity contribution in [3.05, 3.63) is 161 Å². The molecule has 2 saturated heterocycles. The second-order valence-electron chi connectivity index (χ2n) is 18.6. The van der Waals surface area contributed by atoms with Crippen molar-refractivity contribution in [1.82, 2.24) is 25.4 Å². The van der Waals surface area contributed by atoms with Gasteiger partial charge in [0.2, 0.25) is 5.88 Å². The molecule has 384 valence electrons. The minimum atomic E-state index is -0.493. The molecule has 2 fully saturated rings. The molecule has 1 aromatic heterocycles. The zero-order chi connectivity index (χ0) is 51.1. The number of pyridine rings is 1. The van der Waals surface area contributed by atoms with Gasteiger partial charge in [0, 0.05) is 92.0 Å². The number of hydrogen-bond acceptors (Lipinski definition) is 11. The van der Waals surface area contributed by atoms with Gasteiger partial charge < -0.3 is 50.8 Å². The number of methoxy groups -OCH3 is 1. The Kier molecular flexibility index (Phi) is 17.3. The molecule has 1 aliphatic carbocycles. The van der Waals surface area contributed by atoms with Crippen molar-refractivity contribution in [3.8, 4) is 23.1 Å². The van der Waals surface area contributed by atoms with Crippen LogP contribution >= 0.6 is 0 Å². The number of nitrogens with one attached hydrogen (secondary N) is 6. The van der Waals surface area contributed by atoms with Gasteiger partial charge in [-0.15, -0.1) is 0 Å². The Morgan fingerprint density at radius 3 is 2.08 bits per heavy atom. The fraction of sp³-hybridized carbons (Fsp3) is 0.316. The minimum Gasteiger partial charge on any atom is -0.496 e. The van der Waals surface area contributed by atoms with Gasteiger partial charge in [-0.2, -0.15) is 0 Å². The van der Waals surface area contributed by atoms with E-state index in [4.69, 9.17) is 18.9 Å². The van der Waals surface area contributed by atoms with Gasteiger partial charge in [0.05, 0.1) is 31.5 Å². The Morgan fingerprint density at radius 2 is 1.35 bits per heavy atom. The lowest BCUT2D eigenvalue weighted by molar-refractivity contribution is 0.0374. The molecule has 0 radical (unpaired) electrons. The van der Waals surface area contributed by atoms with Crippen LogP contribution in [0.3, 0.4) is 0 Å². The molecule has 3 heterocycles. The number of hydrogen-bond donors (Lipinski definition) is 6. The number of morpholine rings is 1. The maximum Gasteiger partial charge on any atom is 0.323 e. The average Bonchev–Trinajstić information content (AvgIpc) is 3.89. The van der Waals surface area contributed by atoms with Crippen LogP contribution in [-0.4, -0.2) is 110 Å². The summed E-state index contributed by atoms with van der Waals surface area (Å²) in [6, 6.07) is 37.1. The van der Waals surface area contributed by atoms with Crippen molar-refractivity contribution in [1.29, 1.82) is 0 Å². The number of carbonyl (C=O) groups is 4. The number of amides is 6. The normalized spacial score (nSPS) is 16.5. The van der Waals surface area contributed by atoms with E-state index in [1.165, 1.54) is 18.2 Å². The number of nitrogens with zero attached hydrogens (tertiary/aromatic N) is 3. The van der Waals surface area contributed by atoms with Crippen molar-refractivity contribution in [2.24, 2.45) is 0 Å². The number of ether oxygens (including phenoxy) is 4. The molecular weight excluding hydrogens is 939 g/mol. The van der Waals surface area contributed by atoms with E-state index in [9.17, 15) is 19.2 Å². The van der Waals surface area contributed by atoms with E-state index < -0.39 is 12.1 Å². The van der Waals surface area contributed by atoms with Crippen molar-refractivity contribution >= 4 is 46.6 Å². The molecule has 2 unspecified atom stereocenters. The number of aromatic nitrogens is 1. The van der Waals surface area contributed by atoms with E-state index in [0.717, 1.165) is 56.6 Å². The Balaban J connectivity index is 0.870. The number of fused-ring (bicyclic) bond motifs is 1. The third-order valence-corrected chi connectivity index (χ3v) is 13.4. The van der Waals surface area contributed by atoms with Crippen LogP contribution in [0.4, 0.5) is 32.3 Å². The molecule has 0 bridgehead atoms. The third-order valence-electron chi connectivity index (χ3n) is 13.4. The summed E-state index contributed by atoms with van der Waals surface area (Å²) >= 11 is 0. The maximum absolute atomic E-state index is 14.0. The Morgan fingerprint density at radius 1 is 0.689 bits per heavy atom. The van der Waals surface area contributed by atoms with Gasteiger partial charge in [0.25, 0.3) is 11.8 Å². The summed E-state index contributed by atoms with van der Waals surface area (Å²) in [5.74, 6) is 1.03. The molecule has 5 aromatic carbocycles. The summed E-state index contributed by atoms with van der Waals surface area (Å²) in [5, 5.41) is 17.8. The molecule has 3 aliphatic rings. The van der Waals surface area contributed by atoms with Gasteiger partial charge in [-0.1, -0.05) is 42.5 Å². The number of aryl methyl sites for hydroxylation is 2. The molecule has 17 heteroatoms. The van der Waals surface area contributed by atoms with E-state index >= 15 is 0 Å². The van der Waals surface area contributed by atoms with Gasteiger partial charge in [-0.3, -0.25) is 19.4 Å². The van der Waals surface area contributed by atoms with E-state index in [2.05, 4.69) is 64.9 Å². The van der Waals surface area contributed by atoms with Crippen LogP contribution in [0, 0.1) is 0 Å². The first-order valence-electron chi connectivity index (χ1n) is 25.3. The summed E-state index contributed by atoms with van der Waals surface area (Å²) in [6.07, 6.45) is 6.81. The van der Waals surface area contributed by atoms with E-state index in [1.807, 2.05) is 36.4 Å². The Labute approximate surface area is 431 Å². The predicted molar refractivity (Wildman–Crippen MR) is 285 cm³/mol. The maximum atomic E-state index is 14.0. The lowest BCUT2D eigenvalue weighted by Gasteiger charge is -2.39. The summed E-state index contributed by atoms with van der Waals surface area (Å²) in [6.45, 7) is 5.92. The molecule has 74 heavy (non-hydrogen) atoms. The van der Waals surface area contributed by atoms with Crippen LogP contribution < -0.4 is 46.1 Å². The highest BCUT2D eigenvalue weighted by molar-refractivity contribution is 6.03. The third kappa shape index (κ3) is 14.2. The van der Waals surface area contributed by atoms with Crippen LogP contribution in [-0.2, 0) is 24.1 Å². The van der Waals surface area contributed by atoms with Gasteiger partial charge >= 0.3 is 12.1 Å². The van der Waals surface area contributed by atoms with Crippen LogP contribution in [0.15, 0.2) is 134 Å². The Bertz CT molecular complexity index is 2870. The number of anilines is 4. The average molecular weight is 1000 g/mol. The molecule has 17 nitrogen and oxygen atoms in total. The number of urea groups is 2. The first-order valence-corrected chi connectivity index (χ1v) is 25.3. The highest BCUT2D eigenvalue weighted by atomic mass is 16.5. The second kappa shape index (κ2) is 25.1. The van der Waals surface area contributed by atoms with Crippen LogP contribution in [0.25, 0.3) is 0 Å². The van der Waals surface area contributed by atoms with Crippen molar-refractivity contribution < 1.29 is 38.1 Å². The molecule has 6 N–H and O–H groups in total. The van der Waals surface area contributed by atoms with Crippen LogP contribution in [0.1, 0.15) is 63.1 Å². The topological polar surface area (TPSA) is 197 Å². The highest BCUT2D eigenvalue weighted by Gasteiger charge is 2.31. The highest BCUT2D eigenvalue weighted by Crippen LogP contribution is 2.30. The number of benzene rings is 5. The minimum absolute atomic E-state index is 0.177. The summed E-state index contributed by atoms with van der Waals surface area (Å²) < 4.78 is 23.6. The molecule has 0 saturated carbocycles. The lowest BCUT2D eigenvalue weighted by Crippen LogP contribution is -2.51. The van der Waals surface area contributed by atoms with E-state index in [0.29, 0.717) is 97.0 Å². The van der Waals surface area contributed by atoms with Gasteiger partial charge in [-0.05, 0) is 128 Å². The monoisotopic (exact) mass is 1000 g/mol. The molecular formula is C57H63N9O8. The Hall–Kier alpha value is -7.99. The predicted octanol–water partition coefficient (Wildman–Crippen LogP) is 8.95. The van der Waals surface area contributed by atoms with Gasteiger partial charge in [-0.25, -0.2) is 14.6 Å². The second-order valence-corrected chi connectivity index (χ2v) is 18.6. The standard InChI is InChI=1S/C57H63N9O8/c1-71-51-35-44(63-57(70)62-43-15-14-40-11-7-12-41(40)33-43)18-22-49(51)55(68)60-46-24-28-66(37-39-9-3-2-4-10-39)47(34-46)38-73-52-36-45(19-23-50(52)54(67)59-26-8-27-65-29-31-72-32-30-65)64-56(69)61-42-16-20-48(21-17-42)74-53-13-5-6-25-58-53/h2-6,9-10,13-23,25,33,35-36,46-47H,7-8,11-12,24,26-32,34,37-38H2,1H3,(H,59,67)(H,60,68)(H2,61,64,69)(H2,62,63,70). The van der Waals surface area contributed by atoms with Gasteiger partial charge in [0.15, 0.2) is 0 Å². The van der Waals surface area contributed by atoms with E-state index in [1.54, 1.807) is 79.0 Å². The SMILES string of the molecule is COc1cc(NC(=O)Nc2ccc3c(c2)CCC3)ccc1C(=O)NC1CCN(Cc2ccccc2)C(COc2cc(NC(=O)Nc3ccc(Oc4ccccn4)cc3)ccc2C(=O)NCCCN2CCOCC2)C1. The van der Waals surface area contributed by atoms with E-state index in [-0.39, 0.29) is 30.5 Å². The molecule has 9 rings (SSSR count). The fourth-order valence-electron chi connectivity index (χ4n) is 9.54. The smallest absolute Gasteiger partial charge is 0.323 e. The molecule has 0 spiro atoms. The molecule has 6 amide bonds. The van der Waals surface area contributed by atoms with Crippen LogP contribution in [0.5, 0.6) is 23.1 Å².